The van der Waals surface area contributed by atoms with E-state index in [1.165, 1.54) is 10.9 Å². The van der Waals surface area contributed by atoms with Crippen LogP contribution in [-0.4, -0.2) is 48.9 Å². The van der Waals surface area contributed by atoms with Gasteiger partial charge in [0.1, 0.15) is 12.2 Å². The lowest BCUT2D eigenvalue weighted by Crippen LogP contribution is -2.24. The van der Waals surface area contributed by atoms with E-state index in [0.717, 1.165) is 30.9 Å². The first-order valence-electron chi connectivity index (χ1n) is 9.23. The van der Waals surface area contributed by atoms with Gasteiger partial charge in [-0.3, -0.25) is 9.88 Å². The van der Waals surface area contributed by atoms with Gasteiger partial charge in [0.15, 0.2) is 0 Å². The van der Waals surface area contributed by atoms with Crippen LogP contribution < -0.4 is 0 Å². The lowest BCUT2D eigenvalue weighted by atomic mass is 9.94. The molecule has 0 bridgehead atoms. The van der Waals surface area contributed by atoms with Crippen molar-refractivity contribution in [2.45, 2.75) is 39.0 Å². The number of hydrogen-bond donors (Lipinski definition) is 1. The molecule has 2 atom stereocenters. The molecule has 136 valence electrons. The van der Waals surface area contributed by atoms with Crippen LogP contribution in [-0.2, 0) is 13.0 Å². The van der Waals surface area contributed by atoms with Gasteiger partial charge in [0.05, 0.1) is 18.2 Å². The maximum absolute atomic E-state index is 10.6. The molecule has 0 spiro atoms. The average molecular weight is 351 g/mol. The van der Waals surface area contributed by atoms with Gasteiger partial charge < -0.3 is 9.67 Å². The van der Waals surface area contributed by atoms with Crippen LogP contribution in [0.3, 0.4) is 0 Å². The van der Waals surface area contributed by atoms with Crippen LogP contribution in [0.15, 0.2) is 42.9 Å². The Morgan fingerprint density at radius 1 is 1.19 bits per heavy atom. The molecule has 3 heterocycles. The molecule has 1 fully saturated rings. The lowest BCUT2D eigenvalue weighted by Gasteiger charge is -2.17. The van der Waals surface area contributed by atoms with Crippen molar-refractivity contribution in [1.82, 2.24) is 24.6 Å². The molecule has 1 N–H and O–H groups in total. The summed E-state index contributed by atoms with van der Waals surface area (Å²) < 4.78 is 2.09. The first-order valence-corrected chi connectivity index (χ1v) is 9.23. The Kier molecular flexibility index (Phi) is 4.70. The fraction of sp³-hybridized carbons (Fsp3) is 0.450. The van der Waals surface area contributed by atoms with Gasteiger partial charge >= 0.3 is 0 Å². The van der Waals surface area contributed by atoms with Crippen LogP contribution in [0.5, 0.6) is 0 Å². The van der Waals surface area contributed by atoms with Crippen LogP contribution in [0.4, 0.5) is 0 Å². The molecule has 6 nitrogen and oxygen atoms in total. The van der Waals surface area contributed by atoms with Crippen molar-refractivity contribution in [3.05, 3.63) is 54.2 Å². The number of rotatable bonds is 5. The second kappa shape index (κ2) is 7.13. The maximum atomic E-state index is 10.6. The van der Waals surface area contributed by atoms with Gasteiger partial charge in [0.25, 0.3) is 0 Å². The van der Waals surface area contributed by atoms with Crippen LogP contribution >= 0.6 is 0 Å². The van der Waals surface area contributed by atoms with E-state index in [1.807, 2.05) is 24.4 Å². The Morgan fingerprint density at radius 2 is 2.04 bits per heavy atom. The number of para-hydroxylation sites is 1. The molecular formula is C20H25N5O. The van der Waals surface area contributed by atoms with Crippen molar-refractivity contribution < 1.29 is 5.11 Å². The van der Waals surface area contributed by atoms with Crippen LogP contribution in [0.1, 0.15) is 31.3 Å². The Hall–Kier alpha value is -2.31. The number of β-amino-alcohol motifs (C(OH)–C–C–N with tert-alkyl or cyclic N) is 1. The summed E-state index contributed by atoms with van der Waals surface area (Å²) in [5.41, 5.74) is 2.27. The number of hydrogen-bond acceptors (Lipinski definition) is 5. The minimum absolute atomic E-state index is 0.219. The van der Waals surface area contributed by atoms with E-state index in [-0.39, 0.29) is 12.0 Å². The summed E-state index contributed by atoms with van der Waals surface area (Å²) in [6.45, 7) is 6.52. The second-order valence-electron chi connectivity index (χ2n) is 7.46. The molecule has 26 heavy (non-hydrogen) atoms. The number of pyridine rings is 1. The Balaban J connectivity index is 1.48. The maximum Gasteiger partial charge on any atom is 0.147 e. The van der Waals surface area contributed by atoms with E-state index in [0.29, 0.717) is 12.6 Å². The van der Waals surface area contributed by atoms with Gasteiger partial charge in [0, 0.05) is 36.6 Å². The highest BCUT2D eigenvalue weighted by Crippen LogP contribution is 2.26. The first kappa shape index (κ1) is 17.1. The highest BCUT2D eigenvalue weighted by atomic mass is 16.3. The van der Waals surface area contributed by atoms with E-state index >= 15 is 0 Å². The zero-order valence-electron chi connectivity index (χ0n) is 15.3. The van der Waals surface area contributed by atoms with Gasteiger partial charge in [-0.15, -0.1) is 10.2 Å². The molecule has 1 saturated heterocycles. The molecule has 6 heteroatoms. The molecule has 1 aromatic carbocycles. The predicted octanol–water partition coefficient (Wildman–Crippen LogP) is 2.44. The minimum Gasteiger partial charge on any atom is -0.391 e. The van der Waals surface area contributed by atoms with E-state index in [4.69, 9.17) is 0 Å². The molecule has 2 aromatic heterocycles. The molecule has 3 aromatic rings. The zero-order chi connectivity index (χ0) is 18.1. The molecule has 1 aliphatic rings. The third-order valence-corrected chi connectivity index (χ3v) is 5.27. The van der Waals surface area contributed by atoms with Gasteiger partial charge in [-0.05, 0) is 38.0 Å². The van der Waals surface area contributed by atoms with E-state index in [9.17, 15) is 5.11 Å². The summed E-state index contributed by atoms with van der Waals surface area (Å²) in [7, 11) is 0. The zero-order valence-corrected chi connectivity index (χ0v) is 15.3. The number of fused-ring (bicyclic) bond motifs is 1. The Labute approximate surface area is 153 Å². The first-order chi connectivity index (χ1) is 12.6. The van der Waals surface area contributed by atoms with Crippen LogP contribution in [0.25, 0.3) is 10.9 Å². The van der Waals surface area contributed by atoms with Gasteiger partial charge in [0.2, 0.25) is 0 Å². The summed E-state index contributed by atoms with van der Waals surface area (Å²) in [5, 5.41) is 20.1. The lowest BCUT2D eigenvalue weighted by molar-refractivity contribution is 0.140. The summed E-state index contributed by atoms with van der Waals surface area (Å²) in [5.74, 6) is 1.18. The monoisotopic (exact) mass is 351 g/mol. The molecule has 0 unspecified atom stereocenters. The molecule has 4 rings (SSSR count). The van der Waals surface area contributed by atoms with Gasteiger partial charge in [-0.25, -0.2) is 0 Å². The van der Waals surface area contributed by atoms with Gasteiger partial charge in [-0.2, -0.15) is 0 Å². The van der Waals surface area contributed by atoms with E-state index < -0.39 is 0 Å². The van der Waals surface area contributed by atoms with Crippen molar-refractivity contribution >= 4 is 10.9 Å². The number of likely N-dealkylation sites (tertiary alicyclic amines) is 1. The van der Waals surface area contributed by atoms with Crippen molar-refractivity contribution in [1.29, 1.82) is 0 Å². The molecule has 0 aliphatic carbocycles. The SMILES string of the molecule is CC(C)n1cnnc1CN1C[C@@H](Cc2ccnc3ccccc23)[C@@H](O)C1. The fourth-order valence-electron chi connectivity index (χ4n) is 3.90. The topological polar surface area (TPSA) is 67.1 Å². The van der Waals surface area contributed by atoms with E-state index in [1.54, 1.807) is 6.33 Å². The fourth-order valence-corrected chi connectivity index (χ4v) is 3.90. The van der Waals surface area contributed by atoms with E-state index in [2.05, 4.69) is 50.6 Å². The summed E-state index contributed by atoms with van der Waals surface area (Å²) >= 11 is 0. The third kappa shape index (κ3) is 3.34. The quantitative estimate of drug-likeness (QED) is 0.765. The third-order valence-electron chi connectivity index (χ3n) is 5.27. The van der Waals surface area contributed by atoms with Crippen molar-refractivity contribution in [2.24, 2.45) is 5.92 Å². The van der Waals surface area contributed by atoms with Crippen molar-refractivity contribution in [3.63, 3.8) is 0 Å². The highest BCUT2D eigenvalue weighted by molar-refractivity contribution is 5.81. The predicted molar refractivity (Wildman–Crippen MR) is 101 cm³/mol. The van der Waals surface area contributed by atoms with Gasteiger partial charge in [-0.1, -0.05) is 18.2 Å². The summed E-state index contributed by atoms with van der Waals surface area (Å²) in [6.07, 6.45) is 4.18. The number of nitrogens with zero attached hydrogens (tertiary/aromatic N) is 5. The van der Waals surface area contributed by atoms with Crippen LogP contribution in [0.2, 0.25) is 0 Å². The molecular weight excluding hydrogens is 326 g/mol. The number of benzene rings is 1. The molecule has 0 amide bonds. The van der Waals surface area contributed by atoms with Crippen LogP contribution in [0, 0.1) is 5.92 Å². The molecule has 1 aliphatic heterocycles. The van der Waals surface area contributed by atoms with Crippen molar-refractivity contribution in [3.8, 4) is 0 Å². The Bertz CT molecular complexity index is 885. The number of aliphatic hydroxyl groups excluding tert-OH is 1. The summed E-state index contributed by atoms with van der Waals surface area (Å²) in [6, 6.07) is 10.6. The second-order valence-corrected chi connectivity index (χ2v) is 7.46. The average Bonchev–Trinajstić information content (AvgIpc) is 3.22. The Morgan fingerprint density at radius 3 is 2.88 bits per heavy atom. The normalized spacial score (nSPS) is 21.1. The van der Waals surface area contributed by atoms with Crippen molar-refractivity contribution in [2.75, 3.05) is 13.1 Å². The standard InChI is InChI=1S/C20H25N5O/c1-14(2)25-13-22-23-20(25)12-24-10-16(19(26)11-24)9-15-7-8-21-18-6-4-3-5-17(15)18/h3-8,13-14,16,19,26H,9-12H2,1-2H3/t16-,19+/m1/s1. The summed E-state index contributed by atoms with van der Waals surface area (Å²) in [4.78, 5) is 6.71. The largest absolute Gasteiger partial charge is 0.391 e. The smallest absolute Gasteiger partial charge is 0.147 e. The number of aliphatic hydroxyl groups is 1. The molecule has 0 radical (unpaired) electrons. The molecule has 0 saturated carbocycles. The highest BCUT2D eigenvalue weighted by Gasteiger charge is 2.32. The minimum atomic E-state index is -0.322. The number of aromatic nitrogens is 4.